The van der Waals surface area contributed by atoms with Crippen LogP contribution < -0.4 is 15.3 Å². The highest BCUT2D eigenvalue weighted by atomic mass is 19.1. The zero-order valence-electron chi connectivity index (χ0n) is 17.1. The van der Waals surface area contributed by atoms with Crippen LogP contribution >= 0.6 is 0 Å². The van der Waals surface area contributed by atoms with Crippen LogP contribution in [-0.2, 0) is 4.79 Å². The van der Waals surface area contributed by atoms with Crippen LogP contribution in [0, 0.1) is 12.7 Å². The molecule has 30 heavy (non-hydrogen) atoms. The molecule has 156 valence electrons. The summed E-state index contributed by atoms with van der Waals surface area (Å²) in [7, 11) is 4.00. The Morgan fingerprint density at radius 1 is 1.17 bits per heavy atom. The van der Waals surface area contributed by atoms with E-state index in [1.165, 1.54) is 29.3 Å². The van der Waals surface area contributed by atoms with Gasteiger partial charge in [-0.05, 0) is 38.7 Å². The molecule has 1 aliphatic heterocycles. The third-order valence-electron chi connectivity index (χ3n) is 5.68. The monoisotopic (exact) mass is 410 g/mol. The summed E-state index contributed by atoms with van der Waals surface area (Å²) in [6.07, 6.45) is 0. The standard InChI is InChI=1S/C22H23FN4O3/c1-14-7-9-15(10-8-14)17-11-26(12-19(17)25(2)3)22-24-20-16(5-4-6-18(20)23)21(29)27(22)30-13-28/h4-10,13,17,19H,11-12H2,1-3H3. The Morgan fingerprint density at radius 2 is 1.90 bits per heavy atom. The fraction of sp³-hybridized carbons (Fsp3) is 0.318. The highest BCUT2D eigenvalue weighted by Crippen LogP contribution is 2.33. The normalized spacial score (nSPS) is 18.9. The van der Waals surface area contributed by atoms with Gasteiger partial charge in [-0.3, -0.25) is 9.59 Å². The maximum atomic E-state index is 14.4. The second kappa shape index (κ2) is 7.87. The highest BCUT2D eigenvalue weighted by molar-refractivity contribution is 5.79. The largest absolute Gasteiger partial charge is 0.337 e. The van der Waals surface area contributed by atoms with Crippen LogP contribution in [0.1, 0.15) is 17.0 Å². The molecule has 0 radical (unpaired) electrons. The number of carbonyl (C=O) groups is 1. The molecule has 0 saturated carbocycles. The van der Waals surface area contributed by atoms with Gasteiger partial charge in [-0.1, -0.05) is 40.6 Å². The summed E-state index contributed by atoms with van der Waals surface area (Å²) >= 11 is 0. The first kappa shape index (κ1) is 20.0. The zero-order valence-corrected chi connectivity index (χ0v) is 17.1. The Bertz CT molecular complexity index is 1140. The Labute approximate surface area is 173 Å². The number of likely N-dealkylation sites (N-methyl/N-ethyl adjacent to an activating group) is 1. The number of aromatic nitrogens is 2. The molecule has 4 rings (SSSR count). The van der Waals surface area contributed by atoms with Crippen molar-refractivity contribution in [3.8, 4) is 0 Å². The lowest BCUT2D eigenvalue weighted by molar-refractivity contribution is -0.129. The molecule has 1 saturated heterocycles. The molecule has 0 amide bonds. The van der Waals surface area contributed by atoms with E-state index in [0.717, 1.165) is 4.73 Å². The topological polar surface area (TPSA) is 67.7 Å². The van der Waals surface area contributed by atoms with E-state index in [9.17, 15) is 14.0 Å². The number of fused-ring (bicyclic) bond motifs is 1. The van der Waals surface area contributed by atoms with Gasteiger partial charge in [0.1, 0.15) is 11.3 Å². The van der Waals surface area contributed by atoms with E-state index >= 15 is 0 Å². The van der Waals surface area contributed by atoms with Gasteiger partial charge in [0, 0.05) is 25.0 Å². The molecular formula is C22H23FN4O3. The molecule has 0 aliphatic carbocycles. The average molecular weight is 410 g/mol. The van der Waals surface area contributed by atoms with E-state index in [1.54, 1.807) is 0 Å². The predicted molar refractivity (Wildman–Crippen MR) is 112 cm³/mol. The SMILES string of the molecule is Cc1ccc(C2CN(c3nc4c(F)cccc4c(=O)n3OC=O)CC2N(C)C)cc1. The molecule has 0 spiro atoms. The Kier molecular flexibility index (Phi) is 5.26. The predicted octanol–water partition coefficient (Wildman–Crippen LogP) is 1.96. The van der Waals surface area contributed by atoms with E-state index in [4.69, 9.17) is 4.84 Å². The molecule has 1 aromatic heterocycles. The van der Waals surface area contributed by atoms with Crippen molar-refractivity contribution in [1.82, 2.24) is 14.6 Å². The first-order valence-corrected chi connectivity index (χ1v) is 9.70. The van der Waals surface area contributed by atoms with Gasteiger partial charge in [-0.25, -0.2) is 9.37 Å². The van der Waals surface area contributed by atoms with E-state index in [0.29, 0.717) is 13.1 Å². The first-order valence-electron chi connectivity index (χ1n) is 9.70. The quantitative estimate of drug-likeness (QED) is 0.599. The maximum Gasteiger partial charge on any atom is 0.321 e. The maximum absolute atomic E-state index is 14.4. The van der Waals surface area contributed by atoms with Gasteiger partial charge >= 0.3 is 6.47 Å². The van der Waals surface area contributed by atoms with Crippen LogP contribution in [0.2, 0.25) is 0 Å². The van der Waals surface area contributed by atoms with Crippen molar-refractivity contribution in [1.29, 1.82) is 0 Å². The number of halogens is 1. The molecule has 8 heteroatoms. The van der Waals surface area contributed by atoms with Crippen molar-refractivity contribution < 1.29 is 14.0 Å². The molecule has 2 atom stereocenters. The third-order valence-corrected chi connectivity index (χ3v) is 5.68. The van der Waals surface area contributed by atoms with Gasteiger partial charge in [0.15, 0.2) is 0 Å². The molecule has 2 aromatic carbocycles. The van der Waals surface area contributed by atoms with E-state index < -0.39 is 11.4 Å². The number of aryl methyl sites for hydroxylation is 1. The van der Waals surface area contributed by atoms with Crippen LogP contribution in [0.15, 0.2) is 47.3 Å². The summed E-state index contributed by atoms with van der Waals surface area (Å²) in [5.41, 5.74) is 1.68. The van der Waals surface area contributed by atoms with Crippen LogP contribution in [0.25, 0.3) is 10.9 Å². The molecule has 0 N–H and O–H groups in total. The van der Waals surface area contributed by atoms with Crippen LogP contribution in [0.3, 0.4) is 0 Å². The fourth-order valence-corrected chi connectivity index (χ4v) is 4.10. The Balaban J connectivity index is 1.82. The van der Waals surface area contributed by atoms with E-state index in [1.807, 2.05) is 25.9 Å². The zero-order chi connectivity index (χ0) is 21.4. The van der Waals surface area contributed by atoms with Crippen molar-refractivity contribution in [3.63, 3.8) is 0 Å². The van der Waals surface area contributed by atoms with Gasteiger partial charge in [-0.2, -0.15) is 0 Å². The minimum atomic E-state index is -0.623. The molecule has 3 aromatic rings. The lowest BCUT2D eigenvalue weighted by Gasteiger charge is -2.25. The number of hydrogen-bond acceptors (Lipinski definition) is 6. The summed E-state index contributed by atoms with van der Waals surface area (Å²) in [6.45, 7) is 3.30. The van der Waals surface area contributed by atoms with Gasteiger partial charge in [0.05, 0.1) is 5.39 Å². The lowest BCUT2D eigenvalue weighted by atomic mass is 9.93. The second-order valence-electron chi connectivity index (χ2n) is 7.80. The van der Waals surface area contributed by atoms with E-state index in [-0.39, 0.29) is 35.3 Å². The summed E-state index contributed by atoms with van der Waals surface area (Å²) in [6, 6.07) is 12.6. The molecule has 1 aliphatic rings. The van der Waals surface area contributed by atoms with Crippen molar-refractivity contribution in [2.75, 3.05) is 32.1 Å². The summed E-state index contributed by atoms with van der Waals surface area (Å²) < 4.78 is 15.2. The number of hydrogen-bond donors (Lipinski definition) is 0. The number of para-hydroxylation sites is 1. The molecule has 7 nitrogen and oxygen atoms in total. The van der Waals surface area contributed by atoms with E-state index in [2.05, 4.69) is 34.1 Å². The van der Waals surface area contributed by atoms with Gasteiger partial charge in [0.2, 0.25) is 5.95 Å². The molecule has 1 fully saturated rings. The van der Waals surface area contributed by atoms with Crippen molar-refractivity contribution in [2.45, 2.75) is 18.9 Å². The van der Waals surface area contributed by atoms with Crippen molar-refractivity contribution >= 4 is 23.3 Å². The average Bonchev–Trinajstić information content (AvgIpc) is 3.17. The number of anilines is 1. The summed E-state index contributed by atoms with van der Waals surface area (Å²) in [5, 5.41) is 0.0547. The molecule has 0 bridgehead atoms. The van der Waals surface area contributed by atoms with Crippen LogP contribution in [0.4, 0.5) is 10.3 Å². The van der Waals surface area contributed by atoms with Crippen LogP contribution in [0.5, 0.6) is 0 Å². The highest BCUT2D eigenvalue weighted by Gasteiger charge is 2.37. The number of rotatable bonds is 5. The summed E-state index contributed by atoms with van der Waals surface area (Å²) in [4.78, 5) is 37.3. The number of benzene rings is 2. The molecule has 2 heterocycles. The third kappa shape index (κ3) is 3.43. The second-order valence-corrected chi connectivity index (χ2v) is 7.80. The minimum Gasteiger partial charge on any atom is -0.337 e. The Morgan fingerprint density at radius 3 is 2.57 bits per heavy atom. The lowest BCUT2D eigenvalue weighted by Crippen LogP contribution is -2.37. The van der Waals surface area contributed by atoms with Gasteiger partial charge in [-0.15, -0.1) is 0 Å². The summed E-state index contributed by atoms with van der Waals surface area (Å²) in [5.74, 6) is -0.341. The van der Waals surface area contributed by atoms with Gasteiger partial charge in [0.25, 0.3) is 5.56 Å². The molecular weight excluding hydrogens is 387 g/mol. The van der Waals surface area contributed by atoms with Gasteiger partial charge < -0.3 is 14.6 Å². The fourth-order valence-electron chi connectivity index (χ4n) is 4.10. The van der Waals surface area contributed by atoms with Crippen LogP contribution in [-0.4, -0.2) is 54.3 Å². The van der Waals surface area contributed by atoms with Crippen molar-refractivity contribution in [2.24, 2.45) is 0 Å². The Hall–Kier alpha value is -3.26. The smallest absolute Gasteiger partial charge is 0.321 e. The number of carbonyl (C=O) groups excluding carboxylic acids is 1. The number of nitrogens with zero attached hydrogens (tertiary/aromatic N) is 4. The minimum absolute atomic E-state index is 0.0385. The first-order chi connectivity index (χ1) is 14.4. The molecule has 2 unspecified atom stereocenters. The van der Waals surface area contributed by atoms with Crippen molar-refractivity contribution in [3.05, 3.63) is 69.8 Å².